The average molecular weight is 368 g/mol. The summed E-state index contributed by atoms with van der Waals surface area (Å²) < 4.78 is 5.74. The Hall–Kier alpha value is -3.84. The van der Waals surface area contributed by atoms with Crippen molar-refractivity contribution in [2.45, 2.75) is 13.3 Å². The maximum atomic E-state index is 12.4. The van der Waals surface area contributed by atoms with Crippen LogP contribution in [-0.2, 0) is 11.2 Å². The van der Waals surface area contributed by atoms with Crippen LogP contribution in [0.4, 0.5) is 5.69 Å². The number of para-hydroxylation sites is 1. The number of carbonyl (C=O) groups is 1. The van der Waals surface area contributed by atoms with E-state index < -0.39 is 5.91 Å². The summed E-state index contributed by atoms with van der Waals surface area (Å²) in [5, 5.41) is 12.1. The second-order valence-corrected chi connectivity index (χ2v) is 6.16. The minimum Gasteiger partial charge on any atom is -0.457 e. The molecule has 0 radical (unpaired) electrons. The van der Waals surface area contributed by atoms with Crippen molar-refractivity contribution in [2.24, 2.45) is 0 Å². The van der Waals surface area contributed by atoms with Crippen LogP contribution in [-0.4, -0.2) is 5.91 Å². The zero-order valence-electron chi connectivity index (χ0n) is 15.6. The van der Waals surface area contributed by atoms with Gasteiger partial charge < -0.3 is 10.1 Å². The van der Waals surface area contributed by atoms with E-state index in [1.54, 1.807) is 30.3 Å². The minimum atomic E-state index is -0.434. The molecule has 0 unspecified atom stereocenters. The lowest BCUT2D eigenvalue weighted by molar-refractivity contribution is -0.112. The van der Waals surface area contributed by atoms with Crippen LogP contribution in [0.15, 0.2) is 84.4 Å². The molecule has 0 bridgehead atoms. The zero-order chi connectivity index (χ0) is 19.8. The normalized spacial score (nSPS) is 10.8. The molecule has 4 nitrogen and oxygen atoms in total. The van der Waals surface area contributed by atoms with Gasteiger partial charge in [0.25, 0.3) is 5.91 Å². The minimum absolute atomic E-state index is 0.0382. The Morgan fingerprint density at radius 1 is 0.964 bits per heavy atom. The Morgan fingerprint density at radius 2 is 1.61 bits per heavy atom. The molecule has 0 aliphatic heterocycles. The van der Waals surface area contributed by atoms with Gasteiger partial charge in [-0.25, -0.2) is 0 Å². The molecule has 28 heavy (non-hydrogen) atoms. The smallest absolute Gasteiger partial charge is 0.266 e. The Morgan fingerprint density at radius 3 is 2.21 bits per heavy atom. The van der Waals surface area contributed by atoms with Crippen LogP contribution in [0.3, 0.4) is 0 Å². The molecule has 0 aliphatic carbocycles. The van der Waals surface area contributed by atoms with E-state index in [0.717, 1.165) is 17.7 Å². The molecule has 0 atom stereocenters. The van der Waals surface area contributed by atoms with Crippen LogP contribution in [0, 0.1) is 11.3 Å². The number of anilines is 1. The van der Waals surface area contributed by atoms with E-state index in [1.807, 2.05) is 60.7 Å². The molecule has 3 rings (SSSR count). The first-order valence-corrected chi connectivity index (χ1v) is 9.03. The van der Waals surface area contributed by atoms with E-state index in [2.05, 4.69) is 12.2 Å². The van der Waals surface area contributed by atoms with Gasteiger partial charge in [-0.1, -0.05) is 49.4 Å². The summed E-state index contributed by atoms with van der Waals surface area (Å²) in [7, 11) is 0. The first kappa shape index (κ1) is 18.9. The van der Waals surface area contributed by atoms with E-state index in [9.17, 15) is 10.1 Å². The van der Waals surface area contributed by atoms with Crippen molar-refractivity contribution in [2.75, 3.05) is 5.32 Å². The molecular formula is C24H20N2O2. The number of hydrogen-bond acceptors (Lipinski definition) is 3. The number of nitriles is 1. The highest BCUT2D eigenvalue weighted by Gasteiger charge is 2.09. The second kappa shape index (κ2) is 9.20. The summed E-state index contributed by atoms with van der Waals surface area (Å²) in [6.45, 7) is 2.07. The number of carbonyl (C=O) groups excluding carboxylic acids is 1. The summed E-state index contributed by atoms with van der Waals surface area (Å²) in [5.74, 6) is 0.996. The Kier molecular flexibility index (Phi) is 6.22. The van der Waals surface area contributed by atoms with Gasteiger partial charge in [-0.2, -0.15) is 5.26 Å². The molecule has 0 fully saturated rings. The Labute approximate surface area is 164 Å². The van der Waals surface area contributed by atoms with Crippen LogP contribution in [0.2, 0.25) is 0 Å². The van der Waals surface area contributed by atoms with Gasteiger partial charge in [0.1, 0.15) is 23.1 Å². The largest absolute Gasteiger partial charge is 0.457 e. The van der Waals surface area contributed by atoms with Gasteiger partial charge in [0.15, 0.2) is 0 Å². The van der Waals surface area contributed by atoms with Crippen molar-refractivity contribution in [3.05, 3.63) is 95.6 Å². The van der Waals surface area contributed by atoms with Crippen LogP contribution >= 0.6 is 0 Å². The van der Waals surface area contributed by atoms with Gasteiger partial charge in [-0.15, -0.1) is 0 Å². The van der Waals surface area contributed by atoms with E-state index in [4.69, 9.17) is 4.74 Å². The van der Waals surface area contributed by atoms with Crippen molar-refractivity contribution >= 4 is 17.7 Å². The fourth-order valence-electron chi connectivity index (χ4n) is 2.59. The number of aryl methyl sites for hydroxylation is 1. The van der Waals surface area contributed by atoms with Gasteiger partial charge in [0.05, 0.1) is 0 Å². The van der Waals surface area contributed by atoms with E-state index in [1.165, 1.54) is 5.56 Å². The monoisotopic (exact) mass is 368 g/mol. The molecule has 1 N–H and O–H groups in total. The third kappa shape index (κ3) is 5.09. The second-order valence-electron chi connectivity index (χ2n) is 6.16. The van der Waals surface area contributed by atoms with E-state index in [-0.39, 0.29) is 5.57 Å². The molecule has 0 saturated carbocycles. The standard InChI is InChI=1S/C24H20N2O2/c1-2-18-8-12-21(13-9-18)26-24(27)20(17-25)16-19-10-14-23(15-11-19)28-22-6-4-3-5-7-22/h3-16H,2H2,1H3,(H,26,27)/b20-16+. The number of nitrogens with zero attached hydrogens (tertiary/aromatic N) is 1. The van der Waals surface area contributed by atoms with Crippen molar-refractivity contribution in [3.8, 4) is 17.6 Å². The summed E-state index contributed by atoms with van der Waals surface area (Å²) in [6.07, 6.45) is 2.49. The van der Waals surface area contributed by atoms with Crippen LogP contribution < -0.4 is 10.1 Å². The van der Waals surface area contributed by atoms with Gasteiger partial charge in [0, 0.05) is 5.69 Å². The molecule has 3 aromatic carbocycles. The maximum absolute atomic E-state index is 12.4. The Bertz CT molecular complexity index is 999. The lowest BCUT2D eigenvalue weighted by atomic mass is 10.1. The zero-order valence-corrected chi connectivity index (χ0v) is 15.6. The first-order valence-electron chi connectivity index (χ1n) is 9.03. The van der Waals surface area contributed by atoms with Crippen molar-refractivity contribution in [1.29, 1.82) is 5.26 Å². The molecule has 0 saturated heterocycles. The van der Waals surface area contributed by atoms with Crippen molar-refractivity contribution < 1.29 is 9.53 Å². The van der Waals surface area contributed by atoms with Crippen LogP contribution in [0.1, 0.15) is 18.1 Å². The average Bonchev–Trinajstić information content (AvgIpc) is 2.74. The highest BCUT2D eigenvalue weighted by molar-refractivity contribution is 6.09. The van der Waals surface area contributed by atoms with Crippen LogP contribution in [0.25, 0.3) is 6.08 Å². The lowest BCUT2D eigenvalue weighted by Crippen LogP contribution is -2.13. The molecule has 4 heteroatoms. The quantitative estimate of drug-likeness (QED) is 0.456. The lowest BCUT2D eigenvalue weighted by Gasteiger charge is -2.06. The molecule has 3 aromatic rings. The number of nitrogens with one attached hydrogen (secondary N) is 1. The number of amides is 1. The third-order valence-electron chi connectivity index (χ3n) is 4.16. The summed E-state index contributed by atoms with van der Waals surface area (Å²) in [4.78, 5) is 12.4. The molecular weight excluding hydrogens is 348 g/mol. The molecule has 0 aromatic heterocycles. The summed E-state index contributed by atoms with van der Waals surface area (Å²) in [5.41, 5.74) is 2.63. The number of rotatable bonds is 6. The highest BCUT2D eigenvalue weighted by atomic mass is 16.5. The number of hydrogen-bond donors (Lipinski definition) is 1. The molecule has 0 aliphatic rings. The number of ether oxygens (including phenoxy) is 1. The predicted molar refractivity (Wildman–Crippen MR) is 111 cm³/mol. The Balaban J connectivity index is 1.69. The third-order valence-corrected chi connectivity index (χ3v) is 4.16. The topological polar surface area (TPSA) is 62.1 Å². The summed E-state index contributed by atoms with van der Waals surface area (Å²) in [6, 6.07) is 26.2. The van der Waals surface area contributed by atoms with Crippen molar-refractivity contribution in [1.82, 2.24) is 0 Å². The summed E-state index contributed by atoms with van der Waals surface area (Å²) >= 11 is 0. The van der Waals surface area contributed by atoms with Gasteiger partial charge in [0.2, 0.25) is 0 Å². The molecule has 138 valence electrons. The molecule has 0 spiro atoms. The molecule has 0 heterocycles. The first-order chi connectivity index (χ1) is 13.7. The van der Waals surface area contributed by atoms with Gasteiger partial charge in [-0.3, -0.25) is 4.79 Å². The maximum Gasteiger partial charge on any atom is 0.266 e. The fraction of sp³-hybridized carbons (Fsp3) is 0.0833. The highest BCUT2D eigenvalue weighted by Crippen LogP contribution is 2.22. The predicted octanol–water partition coefficient (Wildman–Crippen LogP) is 5.59. The fourth-order valence-corrected chi connectivity index (χ4v) is 2.59. The van der Waals surface area contributed by atoms with Crippen LogP contribution in [0.5, 0.6) is 11.5 Å². The van der Waals surface area contributed by atoms with E-state index >= 15 is 0 Å². The van der Waals surface area contributed by atoms with Gasteiger partial charge in [-0.05, 0) is 60.0 Å². The molecule has 1 amide bonds. The van der Waals surface area contributed by atoms with Gasteiger partial charge >= 0.3 is 0 Å². The number of benzene rings is 3. The van der Waals surface area contributed by atoms with Crippen molar-refractivity contribution in [3.63, 3.8) is 0 Å². The SMILES string of the molecule is CCc1ccc(NC(=O)/C(C#N)=C/c2ccc(Oc3ccccc3)cc2)cc1. The van der Waals surface area contributed by atoms with E-state index in [0.29, 0.717) is 11.4 Å².